The minimum Gasteiger partial charge on any atom is -1.00 e. The standard InChI is InChI=1S/2C12H9NP.2ClH.Zr/c2*1-2-4-11-8-12(7-10(11)3-1)13-5-6-14-9-13;;;/h2*1-9H;2*1H;/q;;;;+2/p-2. The van der Waals surface area contributed by atoms with Crippen LogP contribution in [-0.4, -0.2) is 9.13 Å². The molecule has 2 aliphatic carbocycles. The summed E-state index contributed by atoms with van der Waals surface area (Å²) in [6.45, 7) is 0. The van der Waals surface area contributed by atoms with E-state index in [0.717, 1.165) is 0 Å². The fourth-order valence-corrected chi connectivity index (χ4v) is 10.7. The molecule has 2 aromatic carbocycles. The summed E-state index contributed by atoms with van der Waals surface area (Å²) in [6.07, 6.45) is 9.32. The third kappa shape index (κ3) is 4.13. The van der Waals surface area contributed by atoms with E-state index in [9.17, 15) is 0 Å². The van der Waals surface area contributed by atoms with Crippen LogP contribution in [0.3, 0.4) is 0 Å². The predicted octanol–water partition coefficient (Wildman–Crippen LogP) is 1.35. The van der Waals surface area contributed by atoms with Gasteiger partial charge in [-0.3, -0.25) is 0 Å². The normalized spacial score (nSPS) is 18.6. The van der Waals surface area contributed by atoms with E-state index < -0.39 is 23.2 Å². The van der Waals surface area contributed by atoms with Gasteiger partial charge in [0.25, 0.3) is 0 Å². The molecule has 6 rings (SSSR count). The maximum absolute atomic E-state index is 2.42. The number of rotatable bonds is 4. The molecule has 2 unspecified atom stereocenters. The second-order valence-corrected chi connectivity index (χ2v) is 12.7. The number of hydrogen-bond donors (Lipinski definition) is 0. The molecule has 2 aliphatic rings. The molecule has 7 heteroatoms. The van der Waals surface area contributed by atoms with Gasteiger partial charge in [0.05, 0.1) is 0 Å². The number of nitrogens with zero attached hydrogens (tertiary/aromatic N) is 2. The summed E-state index contributed by atoms with van der Waals surface area (Å²) in [4.78, 5) is 0. The first-order valence-electron chi connectivity index (χ1n) is 9.72. The van der Waals surface area contributed by atoms with Crippen molar-refractivity contribution >= 4 is 39.9 Å². The van der Waals surface area contributed by atoms with Crippen molar-refractivity contribution in [2.45, 2.75) is 7.25 Å². The van der Waals surface area contributed by atoms with Crippen LogP contribution in [-0.2, 0) is 23.2 Å². The van der Waals surface area contributed by atoms with E-state index in [1.165, 1.54) is 50.0 Å². The van der Waals surface area contributed by atoms with Crippen molar-refractivity contribution in [2.24, 2.45) is 0 Å². The molecule has 0 saturated heterocycles. The number of aromatic nitrogens is 2. The smallest absolute Gasteiger partial charge is 1.00 e. The van der Waals surface area contributed by atoms with E-state index in [2.05, 4.69) is 106 Å². The van der Waals surface area contributed by atoms with E-state index >= 15 is 0 Å². The number of halogens is 2. The summed E-state index contributed by atoms with van der Waals surface area (Å²) in [5.74, 6) is 9.04. The van der Waals surface area contributed by atoms with Gasteiger partial charge in [-0.25, -0.2) is 0 Å². The van der Waals surface area contributed by atoms with Gasteiger partial charge in [-0.05, 0) is 0 Å². The van der Waals surface area contributed by atoms with Crippen LogP contribution in [0.15, 0.2) is 84.4 Å². The second-order valence-electron chi connectivity index (χ2n) is 7.37. The third-order valence-electron chi connectivity index (χ3n) is 5.75. The van der Waals surface area contributed by atoms with Crippen molar-refractivity contribution < 1.29 is 48.0 Å². The number of allylic oxidation sites excluding steroid dienone is 2. The predicted molar refractivity (Wildman–Crippen MR) is 121 cm³/mol. The Bertz CT molecular complexity index is 1150. The molecule has 2 heterocycles. The Balaban J connectivity index is 0.00000116. The van der Waals surface area contributed by atoms with E-state index in [1.54, 1.807) is 0 Å². The van der Waals surface area contributed by atoms with Crippen molar-refractivity contribution in [1.82, 2.24) is 9.13 Å². The Hall–Kier alpha value is -1.20. The van der Waals surface area contributed by atoms with Crippen LogP contribution in [0.5, 0.6) is 0 Å². The zero-order valence-electron chi connectivity index (χ0n) is 16.4. The maximum Gasteiger partial charge on any atom is -1.00 e. The van der Waals surface area contributed by atoms with Gasteiger partial charge in [0, 0.05) is 0 Å². The zero-order valence-corrected chi connectivity index (χ0v) is 22.2. The molecule has 2 aromatic heterocycles. The van der Waals surface area contributed by atoms with Crippen LogP contribution >= 0.6 is 16.4 Å². The Morgan fingerprint density at radius 1 is 0.645 bits per heavy atom. The average Bonchev–Trinajstić information content (AvgIpc) is 3.55. The monoisotopic (exact) mass is 556 g/mol. The summed E-state index contributed by atoms with van der Waals surface area (Å²) in [7, 11) is 2.56. The van der Waals surface area contributed by atoms with Crippen LogP contribution in [0.2, 0.25) is 0 Å². The molecule has 2 atom stereocenters. The van der Waals surface area contributed by atoms with Crippen molar-refractivity contribution in [3.05, 3.63) is 107 Å². The molecule has 0 N–H and O–H groups in total. The Morgan fingerprint density at radius 3 is 1.52 bits per heavy atom. The molecule has 152 valence electrons. The minimum absolute atomic E-state index is 0. The molecule has 0 bridgehead atoms. The SMILES string of the molecule is C1=C(n2ccpc2)[CH]([Zr+2][CH]2C(n3ccpc3)=Cc3ccccc32)c2ccccc21.[Cl-].[Cl-]. The molecule has 0 fully saturated rings. The molecular formula is C24H18Cl2N2P2Zr. The van der Waals surface area contributed by atoms with Gasteiger partial charge < -0.3 is 24.8 Å². The van der Waals surface area contributed by atoms with Crippen molar-refractivity contribution in [3.8, 4) is 0 Å². The van der Waals surface area contributed by atoms with E-state index in [1.807, 2.05) is 0 Å². The Morgan fingerprint density at radius 2 is 1.10 bits per heavy atom. The van der Waals surface area contributed by atoms with Gasteiger partial charge >= 0.3 is 186 Å². The summed E-state index contributed by atoms with van der Waals surface area (Å²) in [6, 6.07) is 18.0. The van der Waals surface area contributed by atoms with Gasteiger partial charge in [-0.15, -0.1) is 0 Å². The van der Waals surface area contributed by atoms with E-state index in [4.69, 9.17) is 0 Å². The topological polar surface area (TPSA) is 9.86 Å². The second kappa shape index (κ2) is 9.74. The minimum atomic E-state index is -0.914. The fraction of sp³-hybridized carbons (Fsp3) is 0.0833. The first kappa shape index (κ1) is 23.0. The van der Waals surface area contributed by atoms with Gasteiger partial charge in [0.2, 0.25) is 0 Å². The molecule has 0 radical (unpaired) electrons. The van der Waals surface area contributed by atoms with Crippen molar-refractivity contribution in [1.29, 1.82) is 0 Å². The first-order chi connectivity index (χ1) is 14.4. The molecule has 2 nitrogen and oxygen atoms in total. The fourth-order valence-electron chi connectivity index (χ4n) is 4.40. The molecule has 0 spiro atoms. The first-order valence-corrected chi connectivity index (χ1v) is 14.6. The van der Waals surface area contributed by atoms with Gasteiger partial charge in [0.15, 0.2) is 0 Å². The number of fused-ring (bicyclic) bond motifs is 2. The summed E-state index contributed by atoms with van der Waals surface area (Å²) in [5, 5.41) is 0. The quantitative estimate of drug-likeness (QED) is 0.358. The largest absolute Gasteiger partial charge is 1.00 e. The molecule has 0 aliphatic heterocycles. The Kier molecular flexibility index (Phi) is 7.22. The van der Waals surface area contributed by atoms with Crippen LogP contribution in [0.25, 0.3) is 23.5 Å². The van der Waals surface area contributed by atoms with Crippen molar-refractivity contribution in [2.75, 3.05) is 0 Å². The zero-order chi connectivity index (χ0) is 19.2. The summed E-state index contributed by atoms with van der Waals surface area (Å²) >= 11 is -0.914. The third-order valence-corrected chi connectivity index (χ3v) is 11.7. The molecule has 4 aromatic rings. The van der Waals surface area contributed by atoms with Gasteiger partial charge in [-0.2, -0.15) is 0 Å². The van der Waals surface area contributed by atoms with Crippen LogP contribution in [0.1, 0.15) is 29.5 Å². The van der Waals surface area contributed by atoms with Crippen molar-refractivity contribution in [3.63, 3.8) is 0 Å². The van der Waals surface area contributed by atoms with E-state index in [0.29, 0.717) is 7.25 Å². The van der Waals surface area contributed by atoms with Gasteiger partial charge in [-0.1, -0.05) is 0 Å². The van der Waals surface area contributed by atoms with Crippen LogP contribution in [0, 0.1) is 0 Å². The van der Waals surface area contributed by atoms with E-state index in [-0.39, 0.29) is 24.8 Å². The molecular weight excluding hydrogens is 540 g/mol. The van der Waals surface area contributed by atoms with Crippen LogP contribution in [0.4, 0.5) is 0 Å². The number of hydrogen-bond acceptors (Lipinski definition) is 0. The summed E-state index contributed by atoms with van der Waals surface area (Å²) < 4.78 is 5.87. The Labute approximate surface area is 209 Å². The number of benzene rings is 2. The van der Waals surface area contributed by atoms with Gasteiger partial charge in [0.1, 0.15) is 0 Å². The van der Waals surface area contributed by atoms with Crippen LogP contribution < -0.4 is 24.8 Å². The maximum atomic E-state index is 2.42. The molecule has 31 heavy (non-hydrogen) atoms. The average molecular weight is 559 g/mol. The summed E-state index contributed by atoms with van der Waals surface area (Å²) in [5.41, 5.74) is 8.82. The molecule has 0 saturated carbocycles. The molecule has 0 amide bonds.